The maximum atomic E-state index is 13.1. The van der Waals surface area contributed by atoms with Gasteiger partial charge in [0.15, 0.2) is 0 Å². The van der Waals surface area contributed by atoms with E-state index in [2.05, 4.69) is 10.6 Å². The van der Waals surface area contributed by atoms with Gasteiger partial charge in [-0.2, -0.15) is 0 Å². The Bertz CT molecular complexity index is 399. The maximum Gasteiger partial charge on any atom is 0.251 e. The van der Waals surface area contributed by atoms with Gasteiger partial charge in [0.25, 0.3) is 5.91 Å². The summed E-state index contributed by atoms with van der Waals surface area (Å²) in [6, 6.07) is 4.39. The summed E-state index contributed by atoms with van der Waals surface area (Å²) >= 11 is 0. The van der Waals surface area contributed by atoms with Crippen LogP contribution in [0.25, 0.3) is 0 Å². The first-order valence-corrected chi connectivity index (χ1v) is 5.91. The molecule has 1 aliphatic rings. The lowest BCUT2D eigenvalue weighted by molar-refractivity contribution is 0.0947. The molecule has 0 bridgehead atoms. The van der Waals surface area contributed by atoms with Crippen molar-refractivity contribution in [1.29, 1.82) is 0 Å². The van der Waals surface area contributed by atoms with Crippen LogP contribution in [0.15, 0.2) is 18.2 Å². The van der Waals surface area contributed by atoms with Crippen molar-refractivity contribution in [2.45, 2.75) is 13.3 Å². The second-order valence-electron chi connectivity index (χ2n) is 4.59. The molecule has 3 nitrogen and oxygen atoms in total. The molecule has 1 atom stereocenters. The van der Waals surface area contributed by atoms with Gasteiger partial charge in [0.05, 0.1) is 0 Å². The lowest BCUT2D eigenvalue weighted by Gasteiger charge is -2.10. The van der Waals surface area contributed by atoms with Crippen molar-refractivity contribution in [3.8, 4) is 0 Å². The SMILES string of the molecule is Cc1cc(F)cc(C(=O)NCC2CCNC2)c1.Cl. The first-order valence-electron chi connectivity index (χ1n) is 5.91. The highest BCUT2D eigenvalue weighted by molar-refractivity contribution is 5.94. The van der Waals surface area contributed by atoms with Crippen molar-refractivity contribution >= 4 is 18.3 Å². The molecule has 2 rings (SSSR count). The van der Waals surface area contributed by atoms with Gasteiger partial charge in [-0.25, -0.2) is 4.39 Å². The van der Waals surface area contributed by atoms with E-state index in [1.54, 1.807) is 13.0 Å². The molecule has 0 aromatic heterocycles. The monoisotopic (exact) mass is 272 g/mol. The van der Waals surface area contributed by atoms with Gasteiger partial charge >= 0.3 is 0 Å². The number of benzene rings is 1. The average Bonchev–Trinajstić information content (AvgIpc) is 2.77. The van der Waals surface area contributed by atoms with E-state index >= 15 is 0 Å². The van der Waals surface area contributed by atoms with E-state index in [1.807, 2.05) is 0 Å². The normalized spacial score (nSPS) is 18.2. The van der Waals surface area contributed by atoms with Crippen LogP contribution in [0.5, 0.6) is 0 Å². The third-order valence-corrected chi connectivity index (χ3v) is 3.02. The fourth-order valence-electron chi connectivity index (χ4n) is 2.10. The summed E-state index contributed by atoms with van der Waals surface area (Å²) in [7, 11) is 0. The number of aryl methyl sites for hydroxylation is 1. The molecule has 0 saturated carbocycles. The molecule has 5 heteroatoms. The number of rotatable bonds is 3. The molecule has 0 aliphatic carbocycles. The van der Waals surface area contributed by atoms with E-state index in [-0.39, 0.29) is 24.1 Å². The molecule has 18 heavy (non-hydrogen) atoms. The standard InChI is InChI=1S/C13H17FN2O.ClH/c1-9-4-11(6-12(14)5-9)13(17)16-8-10-2-3-15-7-10;/h4-6,10,15H,2-3,7-8H2,1H3,(H,16,17);1H. The Morgan fingerprint density at radius 3 is 2.89 bits per heavy atom. The van der Waals surface area contributed by atoms with Crippen LogP contribution in [0.3, 0.4) is 0 Å². The second kappa shape index (κ2) is 6.71. The van der Waals surface area contributed by atoms with Crippen LogP contribution in [-0.2, 0) is 0 Å². The Hall–Kier alpha value is -1.13. The minimum absolute atomic E-state index is 0. The molecule has 100 valence electrons. The smallest absolute Gasteiger partial charge is 0.251 e. The van der Waals surface area contributed by atoms with Crippen molar-refractivity contribution in [2.24, 2.45) is 5.92 Å². The van der Waals surface area contributed by atoms with Crippen molar-refractivity contribution in [3.63, 3.8) is 0 Å². The fourth-order valence-corrected chi connectivity index (χ4v) is 2.10. The lowest BCUT2D eigenvalue weighted by Crippen LogP contribution is -2.30. The minimum Gasteiger partial charge on any atom is -0.352 e. The Morgan fingerprint density at radius 1 is 1.50 bits per heavy atom. The maximum absolute atomic E-state index is 13.1. The molecule has 1 unspecified atom stereocenters. The summed E-state index contributed by atoms with van der Waals surface area (Å²) in [4.78, 5) is 11.8. The third kappa shape index (κ3) is 3.96. The van der Waals surface area contributed by atoms with Gasteiger partial charge < -0.3 is 10.6 Å². The Kier molecular flexibility index (Phi) is 5.56. The zero-order valence-electron chi connectivity index (χ0n) is 10.3. The summed E-state index contributed by atoms with van der Waals surface area (Å²) in [5.41, 5.74) is 1.16. The molecule has 1 amide bonds. The van der Waals surface area contributed by atoms with Crippen LogP contribution in [-0.4, -0.2) is 25.5 Å². The van der Waals surface area contributed by atoms with Crippen LogP contribution in [0.2, 0.25) is 0 Å². The molecule has 1 heterocycles. The second-order valence-corrected chi connectivity index (χ2v) is 4.59. The summed E-state index contributed by atoms with van der Waals surface area (Å²) in [6.45, 7) is 4.39. The van der Waals surface area contributed by atoms with Gasteiger partial charge in [-0.1, -0.05) is 0 Å². The van der Waals surface area contributed by atoms with Crippen LogP contribution in [0.4, 0.5) is 4.39 Å². The minimum atomic E-state index is -0.363. The number of nitrogens with one attached hydrogen (secondary N) is 2. The van der Waals surface area contributed by atoms with Crippen molar-refractivity contribution < 1.29 is 9.18 Å². The zero-order chi connectivity index (χ0) is 12.3. The van der Waals surface area contributed by atoms with Gasteiger partial charge in [0.1, 0.15) is 5.82 Å². The number of carbonyl (C=O) groups is 1. The lowest BCUT2D eigenvalue weighted by atomic mass is 10.1. The van der Waals surface area contributed by atoms with Crippen LogP contribution in [0, 0.1) is 18.7 Å². The number of hydrogen-bond acceptors (Lipinski definition) is 2. The molecule has 1 aromatic rings. The Labute approximate surface area is 113 Å². The highest BCUT2D eigenvalue weighted by atomic mass is 35.5. The van der Waals surface area contributed by atoms with Crippen molar-refractivity contribution in [3.05, 3.63) is 35.1 Å². The molecule has 2 N–H and O–H groups in total. The quantitative estimate of drug-likeness (QED) is 0.882. The van der Waals surface area contributed by atoms with Gasteiger partial charge in [-0.3, -0.25) is 4.79 Å². The fraction of sp³-hybridized carbons (Fsp3) is 0.462. The molecule has 1 saturated heterocycles. The number of amides is 1. The molecule has 1 aliphatic heterocycles. The van der Waals surface area contributed by atoms with Crippen molar-refractivity contribution in [2.75, 3.05) is 19.6 Å². The Balaban J connectivity index is 0.00000162. The highest BCUT2D eigenvalue weighted by Crippen LogP contribution is 2.09. The van der Waals surface area contributed by atoms with Crippen LogP contribution < -0.4 is 10.6 Å². The van der Waals surface area contributed by atoms with Gasteiger partial charge in [-0.05, 0) is 56.1 Å². The van der Waals surface area contributed by atoms with E-state index in [4.69, 9.17) is 0 Å². The summed E-state index contributed by atoms with van der Waals surface area (Å²) < 4.78 is 13.1. The van der Waals surface area contributed by atoms with E-state index in [1.165, 1.54) is 12.1 Å². The van der Waals surface area contributed by atoms with E-state index < -0.39 is 0 Å². The molecular weight excluding hydrogens is 255 g/mol. The first kappa shape index (κ1) is 14.9. The number of carbonyl (C=O) groups excluding carboxylic acids is 1. The summed E-state index contributed by atoms with van der Waals surface area (Å²) in [6.07, 6.45) is 1.09. The third-order valence-electron chi connectivity index (χ3n) is 3.02. The molecule has 0 radical (unpaired) electrons. The van der Waals surface area contributed by atoms with Gasteiger partial charge in [0, 0.05) is 12.1 Å². The van der Waals surface area contributed by atoms with Crippen molar-refractivity contribution in [1.82, 2.24) is 10.6 Å². The average molecular weight is 273 g/mol. The molecular formula is C13H18ClFN2O. The number of hydrogen-bond donors (Lipinski definition) is 2. The largest absolute Gasteiger partial charge is 0.352 e. The summed E-state index contributed by atoms with van der Waals surface area (Å²) in [5, 5.41) is 6.09. The topological polar surface area (TPSA) is 41.1 Å². The van der Waals surface area contributed by atoms with E-state index in [9.17, 15) is 9.18 Å². The van der Waals surface area contributed by atoms with Gasteiger partial charge in [-0.15, -0.1) is 12.4 Å². The number of halogens is 2. The molecule has 1 aromatic carbocycles. The Morgan fingerprint density at radius 2 is 2.28 bits per heavy atom. The molecule has 1 fully saturated rings. The predicted molar refractivity (Wildman–Crippen MR) is 71.7 cm³/mol. The first-order chi connectivity index (χ1) is 8.15. The highest BCUT2D eigenvalue weighted by Gasteiger charge is 2.15. The van der Waals surface area contributed by atoms with Crippen LogP contribution >= 0.6 is 12.4 Å². The van der Waals surface area contributed by atoms with E-state index in [0.717, 1.165) is 25.1 Å². The van der Waals surface area contributed by atoms with Gasteiger partial charge in [0.2, 0.25) is 0 Å². The molecule has 0 spiro atoms. The van der Waals surface area contributed by atoms with E-state index in [0.29, 0.717) is 18.0 Å². The summed E-state index contributed by atoms with van der Waals surface area (Å²) in [5.74, 6) is -0.0641. The zero-order valence-corrected chi connectivity index (χ0v) is 11.1. The predicted octanol–water partition coefficient (Wildman–Crippen LogP) is 1.90. The van der Waals surface area contributed by atoms with Crippen LogP contribution in [0.1, 0.15) is 22.3 Å².